The lowest BCUT2D eigenvalue weighted by Crippen LogP contribution is -2.31. The normalized spacial score (nSPS) is 17.4. The van der Waals surface area contributed by atoms with Gasteiger partial charge in [0, 0.05) is 18.3 Å². The number of nitrogens with zero attached hydrogens (tertiary/aromatic N) is 4. The lowest BCUT2D eigenvalue weighted by molar-refractivity contribution is 0.205. The molecule has 3 rings (SSSR count). The predicted molar refractivity (Wildman–Crippen MR) is 80.1 cm³/mol. The smallest absolute Gasteiger partial charge is 0.123 e. The summed E-state index contributed by atoms with van der Waals surface area (Å²) in [6.45, 7) is 3.42. The Balaban J connectivity index is 1.77. The number of anilines is 1. The number of rotatable bonds is 3. The number of nitrogens with two attached hydrogens (primary N) is 1. The minimum atomic E-state index is 0.551. The van der Waals surface area contributed by atoms with E-state index in [0.29, 0.717) is 5.82 Å². The van der Waals surface area contributed by atoms with E-state index in [1.807, 2.05) is 24.7 Å². The number of nitrogen functional groups attached to an aromatic ring is 1. The van der Waals surface area contributed by atoms with Crippen LogP contribution < -0.4 is 5.73 Å². The molecule has 2 N–H and O–H groups in total. The van der Waals surface area contributed by atoms with Crippen molar-refractivity contribution < 1.29 is 0 Å². The van der Waals surface area contributed by atoms with Crippen LogP contribution in [0.4, 0.5) is 5.82 Å². The van der Waals surface area contributed by atoms with E-state index in [2.05, 4.69) is 26.5 Å². The van der Waals surface area contributed by atoms with Crippen LogP contribution in [0.2, 0.25) is 0 Å². The maximum atomic E-state index is 5.77. The fraction of sp³-hybridized carbons (Fsp3) is 0.467. The molecular formula is C15H21N5. The van der Waals surface area contributed by atoms with Crippen molar-refractivity contribution in [1.82, 2.24) is 19.4 Å². The first-order valence-corrected chi connectivity index (χ1v) is 7.13. The highest BCUT2D eigenvalue weighted by Gasteiger charge is 2.18. The summed E-state index contributed by atoms with van der Waals surface area (Å²) < 4.78 is 2.24. The van der Waals surface area contributed by atoms with Gasteiger partial charge < -0.3 is 15.2 Å². The number of pyridine rings is 1. The Morgan fingerprint density at radius 3 is 2.90 bits per heavy atom. The van der Waals surface area contributed by atoms with Gasteiger partial charge in [0.25, 0.3) is 0 Å². The van der Waals surface area contributed by atoms with Gasteiger partial charge in [-0.1, -0.05) is 0 Å². The summed E-state index contributed by atoms with van der Waals surface area (Å²) in [6.07, 6.45) is 8.09. The Morgan fingerprint density at radius 1 is 1.35 bits per heavy atom. The van der Waals surface area contributed by atoms with E-state index in [4.69, 9.17) is 5.73 Å². The fourth-order valence-electron chi connectivity index (χ4n) is 2.84. The molecule has 0 saturated carbocycles. The van der Waals surface area contributed by atoms with E-state index in [0.717, 1.165) is 23.7 Å². The molecule has 0 amide bonds. The number of hydrogen-bond donors (Lipinski definition) is 1. The van der Waals surface area contributed by atoms with Crippen molar-refractivity contribution in [2.75, 3.05) is 25.9 Å². The molecule has 0 unspecified atom stereocenters. The number of aromatic nitrogens is 3. The highest BCUT2D eigenvalue weighted by molar-refractivity contribution is 5.61. The van der Waals surface area contributed by atoms with E-state index >= 15 is 0 Å². The SMILES string of the molecule is CN1CCC(Cn2cncc2-c2ccnc(N)c2)CC1. The number of hydrogen-bond acceptors (Lipinski definition) is 4. The Hall–Kier alpha value is -1.88. The molecule has 0 spiro atoms. The highest BCUT2D eigenvalue weighted by Crippen LogP contribution is 2.24. The standard InChI is InChI=1S/C15H21N5/c1-19-6-3-12(4-7-19)10-20-11-17-9-14(20)13-2-5-18-15(16)8-13/h2,5,8-9,11-12H,3-4,6-7,10H2,1H3,(H2,16,18). The Bertz CT molecular complexity index is 569. The Labute approximate surface area is 119 Å². The largest absolute Gasteiger partial charge is 0.384 e. The van der Waals surface area contributed by atoms with Gasteiger partial charge in [0.05, 0.1) is 18.2 Å². The Kier molecular flexibility index (Phi) is 3.69. The van der Waals surface area contributed by atoms with Gasteiger partial charge in [-0.05, 0) is 51.0 Å². The lowest BCUT2D eigenvalue weighted by atomic mass is 9.97. The zero-order valence-electron chi connectivity index (χ0n) is 11.9. The van der Waals surface area contributed by atoms with Gasteiger partial charge in [-0.25, -0.2) is 9.97 Å². The number of imidazole rings is 1. The van der Waals surface area contributed by atoms with Crippen molar-refractivity contribution in [2.24, 2.45) is 5.92 Å². The van der Waals surface area contributed by atoms with Gasteiger partial charge >= 0.3 is 0 Å². The van der Waals surface area contributed by atoms with Crippen LogP contribution in [0.5, 0.6) is 0 Å². The topological polar surface area (TPSA) is 60.0 Å². The second-order valence-corrected chi connectivity index (χ2v) is 5.65. The van der Waals surface area contributed by atoms with Gasteiger partial charge in [-0.3, -0.25) is 0 Å². The molecule has 2 aromatic heterocycles. The summed E-state index contributed by atoms with van der Waals surface area (Å²) in [5.74, 6) is 1.29. The van der Waals surface area contributed by atoms with Gasteiger partial charge in [0.2, 0.25) is 0 Å². The summed E-state index contributed by atoms with van der Waals surface area (Å²) >= 11 is 0. The highest BCUT2D eigenvalue weighted by atomic mass is 15.1. The molecule has 5 nitrogen and oxygen atoms in total. The van der Waals surface area contributed by atoms with Crippen molar-refractivity contribution in [1.29, 1.82) is 0 Å². The van der Waals surface area contributed by atoms with Crippen molar-refractivity contribution in [2.45, 2.75) is 19.4 Å². The second kappa shape index (κ2) is 5.63. The first-order chi connectivity index (χ1) is 9.72. The first kappa shape index (κ1) is 13.1. The average molecular weight is 271 g/mol. The monoisotopic (exact) mass is 271 g/mol. The molecule has 0 bridgehead atoms. The van der Waals surface area contributed by atoms with Crippen molar-refractivity contribution in [3.05, 3.63) is 30.9 Å². The van der Waals surface area contributed by atoms with Gasteiger partial charge in [0.15, 0.2) is 0 Å². The van der Waals surface area contributed by atoms with E-state index in [-0.39, 0.29) is 0 Å². The van der Waals surface area contributed by atoms with Crippen molar-refractivity contribution >= 4 is 5.82 Å². The zero-order chi connectivity index (χ0) is 13.9. The minimum Gasteiger partial charge on any atom is -0.384 e. The molecule has 20 heavy (non-hydrogen) atoms. The van der Waals surface area contributed by atoms with E-state index in [1.54, 1.807) is 6.20 Å². The summed E-state index contributed by atoms with van der Waals surface area (Å²) in [5, 5.41) is 0. The molecule has 0 aromatic carbocycles. The molecule has 0 atom stereocenters. The van der Waals surface area contributed by atoms with Crippen LogP contribution in [0.25, 0.3) is 11.3 Å². The third kappa shape index (κ3) is 2.82. The summed E-state index contributed by atoms with van der Waals surface area (Å²) in [5.41, 5.74) is 7.98. The second-order valence-electron chi connectivity index (χ2n) is 5.65. The number of likely N-dealkylation sites (tertiary alicyclic amines) is 1. The first-order valence-electron chi connectivity index (χ1n) is 7.13. The quantitative estimate of drug-likeness (QED) is 0.926. The van der Waals surface area contributed by atoms with Crippen LogP contribution in [0, 0.1) is 5.92 Å². The van der Waals surface area contributed by atoms with E-state index in [9.17, 15) is 0 Å². The summed E-state index contributed by atoms with van der Waals surface area (Å²) in [7, 11) is 2.19. The number of piperidine rings is 1. The van der Waals surface area contributed by atoms with Crippen molar-refractivity contribution in [3.63, 3.8) is 0 Å². The molecule has 5 heteroatoms. The van der Waals surface area contributed by atoms with Crippen LogP contribution in [-0.4, -0.2) is 39.6 Å². The average Bonchev–Trinajstić information content (AvgIpc) is 2.89. The molecule has 0 aliphatic carbocycles. The minimum absolute atomic E-state index is 0.551. The molecule has 0 radical (unpaired) electrons. The van der Waals surface area contributed by atoms with E-state index in [1.165, 1.54) is 25.9 Å². The van der Waals surface area contributed by atoms with Gasteiger partial charge in [0.1, 0.15) is 5.82 Å². The van der Waals surface area contributed by atoms with Crippen LogP contribution in [-0.2, 0) is 6.54 Å². The van der Waals surface area contributed by atoms with E-state index < -0.39 is 0 Å². The van der Waals surface area contributed by atoms with Crippen LogP contribution in [0.3, 0.4) is 0 Å². The van der Waals surface area contributed by atoms with Crippen molar-refractivity contribution in [3.8, 4) is 11.3 Å². The molecule has 1 aliphatic rings. The maximum absolute atomic E-state index is 5.77. The summed E-state index contributed by atoms with van der Waals surface area (Å²) in [6, 6.07) is 3.89. The maximum Gasteiger partial charge on any atom is 0.123 e. The molecule has 1 aliphatic heterocycles. The summed E-state index contributed by atoms with van der Waals surface area (Å²) in [4.78, 5) is 10.7. The van der Waals surface area contributed by atoms with Gasteiger partial charge in [-0.2, -0.15) is 0 Å². The fourth-order valence-corrected chi connectivity index (χ4v) is 2.84. The third-order valence-corrected chi connectivity index (χ3v) is 4.08. The molecule has 1 fully saturated rings. The van der Waals surface area contributed by atoms with Gasteiger partial charge in [-0.15, -0.1) is 0 Å². The zero-order valence-corrected chi connectivity index (χ0v) is 11.9. The molecule has 106 valence electrons. The van der Waals surface area contributed by atoms with Crippen LogP contribution in [0.15, 0.2) is 30.9 Å². The van der Waals surface area contributed by atoms with Crippen LogP contribution >= 0.6 is 0 Å². The predicted octanol–water partition coefficient (Wildman–Crippen LogP) is 1.87. The molecular weight excluding hydrogens is 250 g/mol. The molecule has 3 heterocycles. The molecule has 2 aromatic rings. The van der Waals surface area contributed by atoms with Crippen LogP contribution in [0.1, 0.15) is 12.8 Å². The third-order valence-electron chi connectivity index (χ3n) is 4.08. The lowest BCUT2D eigenvalue weighted by Gasteiger charge is -2.29. The Morgan fingerprint density at radius 2 is 2.15 bits per heavy atom. The molecule has 1 saturated heterocycles.